The molecular weight excluding hydrogens is 270 g/mol. The van der Waals surface area contributed by atoms with E-state index in [1.54, 1.807) is 6.26 Å². The molecule has 0 saturated carbocycles. The van der Waals surface area contributed by atoms with Gasteiger partial charge in [-0.15, -0.1) is 10.2 Å². The molecule has 2 N–H and O–H groups in total. The highest BCUT2D eigenvalue weighted by atomic mass is 32.3. The number of hydrogen-bond donors (Lipinski definition) is 2. The molecule has 0 fully saturated rings. The number of nitrogens with zero attached hydrogens (tertiary/aromatic N) is 1. The molecule has 20 heavy (non-hydrogen) atoms. The number of nitrogens with one attached hydrogen (secondary N) is 2. The average Bonchev–Trinajstić information content (AvgIpc) is 2.84. The third-order valence-corrected chi connectivity index (χ3v) is 6.69. The quantitative estimate of drug-likeness (QED) is 0.829. The van der Waals surface area contributed by atoms with Crippen molar-refractivity contribution in [2.45, 2.75) is 20.4 Å². The van der Waals surface area contributed by atoms with Crippen LogP contribution in [0.4, 0.5) is 0 Å². The van der Waals surface area contributed by atoms with Gasteiger partial charge in [-0.05, 0) is 48.8 Å². The summed E-state index contributed by atoms with van der Waals surface area (Å²) < 4.78 is 5.49. The third kappa shape index (κ3) is 2.40. The predicted octanol–water partition coefficient (Wildman–Crippen LogP) is 3.33. The van der Waals surface area contributed by atoms with Crippen molar-refractivity contribution in [3.05, 3.63) is 58.6 Å². The SMILES string of the molecule is CC1=C(c2ccco2)S1(C)NNCc1ccc(C)nc1. The molecular formula is C15H19N3OS. The zero-order valence-corrected chi connectivity index (χ0v) is 12.8. The van der Waals surface area contributed by atoms with E-state index in [2.05, 4.69) is 34.5 Å². The molecule has 3 rings (SSSR count). The van der Waals surface area contributed by atoms with Gasteiger partial charge in [0.05, 0.1) is 11.2 Å². The Labute approximate surface area is 120 Å². The molecule has 0 spiro atoms. The van der Waals surface area contributed by atoms with Crippen LogP contribution in [-0.4, -0.2) is 11.2 Å². The molecule has 0 aliphatic carbocycles. The first-order chi connectivity index (χ1) is 9.61. The zero-order chi connectivity index (χ0) is 14.2. The molecule has 2 aromatic heterocycles. The largest absolute Gasteiger partial charge is 0.464 e. The number of rotatable bonds is 5. The number of hydrogen-bond acceptors (Lipinski definition) is 4. The summed E-state index contributed by atoms with van der Waals surface area (Å²) in [5.74, 6) is 0.978. The molecule has 0 aromatic carbocycles. The van der Waals surface area contributed by atoms with Gasteiger partial charge in [-0.3, -0.25) is 4.98 Å². The van der Waals surface area contributed by atoms with E-state index in [0.717, 1.165) is 18.0 Å². The van der Waals surface area contributed by atoms with E-state index in [-0.39, 0.29) is 0 Å². The summed E-state index contributed by atoms with van der Waals surface area (Å²) >= 11 is 0. The number of aryl methyl sites for hydroxylation is 1. The highest BCUT2D eigenvalue weighted by Crippen LogP contribution is 2.75. The summed E-state index contributed by atoms with van der Waals surface area (Å²) in [7, 11) is -1.04. The van der Waals surface area contributed by atoms with Crippen LogP contribution in [0.25, 0.3) is 4.91 Å². The van der Waals surface area contributed by atoms with Crippen molar-refractivity contribution in [2.24, 2.45) is 0 Å². The molecule has 106 valence electrons. The third-order valence-electron chi connectivity index (χ3n) is 3.59. The summed E-state index contributed by atoms with van der Waals surface area (Å²) in [5, 5.41) is 0. The summed E-state index contributed by atoms with van der Waals surface area (Å²) in [6.07, 6.45) is 5.86. The normalized spacial score (nSPS) is 24.6. The van der Waals surface area contributed by atoms with Gasteiger partial charge in [0.2, 0.25) is 0 Å². The summed E-state index contributed by atoms with van der Waals surface area (Å²) in [4.78, 5) is 10.5. The lowest BCUT2D eigenvalue weighted by Gasteiger charge is -2.21. The van der Waals surface area contributed by atoms with Crippen molar-refractivity contribution in [1.82, 2.24) is 15.2 Å². The Morgan fingerprint density at radius 1 is 1.25 bits per heavy atom. The summed E-state index contributed by atoms with van der Waals surface area (Å²) in [6, 6.07) is 8.07. The Balaban J connectivity index is 1.56. The van der Waals surface area contributed by atoms with E-state index in [4.69, 9.17) is 4.42 Å². The van der Waals surface area contributed by atoms with Crippen LogP contribution in [0.1, 0.15) is 23.9 Å². The van der Waals surface area contributed by atoms with Crippen LogP contribution in [0.3, 0.4) is 0 Å². The van der Waals surface area contributed by atoms with Gasteiger partial charge < -0.3 is 4.42 Å². The molecule has 3 heterocycles. The van der Waals surface area contributed by atoms with Crippen molar-refractivity contribution >= 4 is 15.1 Å². The lowest BCUT2D eigenvalue weighted by Crippen LogP contribution is -2.29. The van der Waals surface area contributed by atoms with Gasteiger partial charge in [0, 0.05) is 18.4 Å². The van der Waals surface area contributed by atoms with E-state index in [0.29, 0.717) is 0 Å². The van der Waals surface area contributed by atoms with Crippen LogP contribution < -0.4 is 10.3 Å². The minimum absolute atomic E-state index is 0.759. The first-order valence-corrected chi connectivity index (χ1v) is 8.60. The Morgan fingerprint density at radius 2 is 2.10 bits per heavy atom. The van der Waals surface area contributed by atoms with Crippen LogP contribution in [-0.2, 0) is 6.54 Å². The van der Waals surface area contributed by atoms with E-state index in [1.165, 1.54) is 15.4 Å². The fourth-order valence-corrected chi connectivity index (χ4v) is 4.66. The Kier molecular flexibility index (Phi) is 3.41. The van der Waals surface area contributed by atoms with Crippen molar-refractivity contribution in [3.8, 4) is 0 Å². The number of furan rings is 1. The molecule has 2 aromatic rings. The number of aromatic nitrogens is 1. The van der Waals surface area contributed by atoms with E-state index < -0.39 is 10.2 Å². The van der Waals surface area contributed by atoms with Crippen LogP contribution in [0.5, 0.6) is 0 Å². The fourth-order valence-electron chi connectivity index (χ4n) is 2.22. The highest BCUT2D eigenvalue weighted by molar-refractivity contribution is 8.48. The molecule has 0 amide bonds. The maximum absolute atomic E-state index is 5.49. The van der Waals surface area contributed by atoms with Crippen molar-refractivity contribution < 1.29 is 4.42 Å². The predicted molar refractivity (Wildman–Crippen MR) is 83.8 cm³/mol. The summed E-state index contributed by atoms with van der Waals surface area (Å²) in [6.45, 7) is 4.91. The minimum atomic E-state index is -1.04. The average molecular weight is 289 g/mol. The molecule has 0 radical (unpaired) electrons. The highest BCUT2D eigenvalue weighted by Gasteiger charge is 2.44. The van der Waals surface area contributed by atoms with Crippen LogP contribution in [0, 0.1) is 6.92 Å². The molecule has 4 nitrogen and oxygen atoms in total. The van der Waals surface area contributed by atoms with Gasteiger partial charge in [-0.25, -0.2) is 10.3 Å². The molecule has 1 atom stereocenters. The second kappa shape index (κ2) is 5.09. The monoisotopic (exact) mass is 289 g/mol. The first kappa shape index (κ1) is 13.4. The minimum Gasteiger partial charge on any atom is -0.464 e. The molecule has 5 heteroatoms. The zero-order valence-electron chi connectivity index (χ0n) is 11.9. The van der Waals surface area contributed by atoms with Crippen LogP contribution >= 0.6 is 10.2 Å². The first-order valence-electron chi connectivity index (χ1n) is 6.55. The Bertz CT molecular complexity index is 634. The Morgan fingerprint density at radius 3 is 2.75 bits per heavy atom. The van der Waals surface area contributed by atoms with Crippen LogP contribution in [0.2, 0.25) is 0 Å². The maximum atomic E-state index is 5.49. The lowest BCUT2D eigenvalue weighted by molar-refractivity contribution is 0.556. The Hall–Kier alpha value is -1.56. The van der Waals surface area contributed by atoms with Gasteiger partial charge in [0.1, 0.15) is 5.76 Å². The van der Waals surface area contributed by atoms with Gasteiger partial charge in [-0.2, -0.15) is 0 Å². The summed E-state index contributed by atoms with van der Waals surface area (Å²) in [5.41, 5.74) is 5.52. The molecule has 0 bridgehead atoms. The van der Waals surface area contributed by atoms with E-state index >= 15 is 0 Å². The second-order valence-electron chi connectivity index (χ2n) is 5.04. The topological polar surface area (TPSA) is 50.1 Å². The smallest absolute Gasteiger partial charge is 0.140 e. The van der Waals surface area contributed by atoms with E-state index in [1.807, 2.05) is 31.3 Å². The molecule has 1 unspecified atom stereocenters. The fraction of sp³-hybridized carbons (Fsp3) is 0.267. The molecule has 1 aliphatic heterocycles. The van der Waals surface area contributed by atoms with Gasteiger partial charge in [0.15, 0.2) is 0 Å². The van der Waals surface area contributed by atoms with Crippen molar-refractivity contribution in [1.29, 1.82) is 0 Å². The van der Waals surface area contributed by atoms with Crippen molar-refractivity contribution in [2.75, 3.05) is 6.26 Å². The second-order valence-corrected chi connectivity index (χ2v) is 8.11. The van der Waals surface area contributed by atoms with E-state index in [9.17, 15) is 0 Å². The number of allylic oxidation sites excluding steroid dienone is 1. The van der Waals surface area contributed by atoms with Gasteiger partial charge in [0.25, 0.3) is 0 Å². The van der Waals surface area contributed by atoms with Crippen molar-refractivity contribution in [3.63, 3.8) is 0 Å². The number of hydrazine groups is 1. The maximum Gasteiger partial charge on any atom is 0.140 e. The van der Waals surface area contributed by atoms with Gasteiger partial charge >= 0.3 is 0 Å². The number of pyridine rings is 1. The van der Waals surface area contributed by atoms with Crippen LogP contribution in [0.15, 0.2) is 46.0 Å². The lowest BCUT2D eigenvalue weighted by atomic mass is 10.2. The van der Waals surface area contributed by atoms with Gasteiger partial charge in [-0.1, -0.05) is 6.07 Å². The standard InChI is InChI=1S/C15H19N3OS/c1-11-6-7-13(9-16-11)10-17-18-20(3)12(2)15(20)14-5-4-8-19-14/h4-9,17-18H,10H2,1-3H3. The molecule has 0 saturated heterocycles. The molecule has 1 aliphatic rings.